The standard InChI is InChI=1S/C8H20N2O3S/c1-8(9)4-5-10(2)14(11,12)7-6-13-3/h8H,4-7,9H2,1-3H3. The predicted octanol–water partition coefficient (Wildman–Crippen LogP) is -0.368. The molecule has 0 aromatic carbocycles. The average molecular weight is 224 g/mol. The van der Waals surface area contributed by atoms with Crippen LogP contribution in [-0.4, -0.2) is 51.8 Å². The van der Waals surface area contributed by atoms with Crippen molar-refractivity contribution in [2.45, 2.75) is 19.4 Å². The van der Waals surface area contributed by atoms with Gasteiger partial charge in [-0.25, -0.2) is 12.7 Å². The molecule has 0 aliphatic heterocycles. The predicted molar refractivity (Wildman–Crippen MR) is 56.6 cm³/mol. The van der Waals surface area contributed by atoms with E-state index in [1.54, 1.807) is 7.05 Å². The van der Waals surface area contributed by atoms with Crippen molar-refractivity contribution in [2.24, 2.45) is 5.73 Å². The zero-order valence-corrected chi connectivity index (χ0v) is 9.88. The van der Waals surface area contributed by atoms with Crippen LogP contribution in [0.5, 0.6) is 0 Å². The van der Waals surface area contributed by atoms with Crippen molar-refractivity contribution in [1.29, 1.82) is 0 Å². The van der Waals surface area contributed by atoms with Gasteiger partial charge >= 0.3 is 0 Å². The van der Waals surface area contributed by atoms with Crippen molar-refractivity contribution in [3.05, 3.63) is 0 Å². The van der Waals surface area contributed by atoms with Gasteiger partial charge in [0.2, 0.25) is 10.0 Å². The fourth-order valence-electron chi connectivity index (χ4n) is 0.869. The molecule has 1 unspecified atom stereocenters. The third-order valence-corrected chi connectivity index (χ3v) is 3.73. The van der Waals surface area contributed by atoms with Crippen LogP contribution in [0.4, 0.5) is 0 Å². The number of sulfonamides is 1. The Kier molecular flexibility index (Phi) is 6.26. The van der Waals surface area contributed by atoms with Gasteiger partial charge in [0.05, 0.1) is 12.4 Å². The molecule has 0 aliphatic carbocycles. The summed E-state index contributed by atoms with van der Waals surface area (Å²) < 4.78 is 29.1. The first-order chi connectivity index (χ1) is 6.40. The monoisotopic (exact) mass is 224 g/mol. The van der Waals surface area contributed by atoms with E-state index in [9.17, 15) is 8.42 Å². The minimum atomic E-state index is -3.17. The van der Waals surface area contributed by atoms with Gasteiger partial charge in [-0.2, -0.15) is 0 Å². The zero-order chi connectivity index (χ0) is 11.2. The Labute approximate surface area is 86.3 Å². The third kappa shape index (κ3) is 5.54. The minimum Gasteiger partial charge on any atom is -0.384 e. The second kappa shape index (κ2) is 6.34. The molecule has 2 N–H and O–H groups in total. The van der Waals surface area contributed by atoms with Crippen molar-refractivity contribution in [3.8, 4) is 0 Å². The Bertz CT molecular complexity index is 239. The Morgan fingerprint density at radius 3 is 2.50 bits per heavy atom. The lowest BCUT2D eigenvalue weighted by Gasteiger charge is -2.17. The van der Waals surface area contributed by atoms with Crippen LogP contribution >= 0.6 is 0 Å². The Balaban J connectivity index is 4.01. The number of rotatable bonds is 7. The Morgan fingerprint density at radius 1 is 1.50 bits per heavy atom. The lowest BCUT2D eigenvalue weighted by molar-refractivity contribution is 0.215. The van der Waals surface area contributed by atoms with Crippen LogP contribution < -0.4 is 5.73 Å². The highest BCUT2D eigenvalue weighted by molar-refractivity contribution is 7.89. The number of nitrogens with two attached hydrogens (primary N) is 1. The molecule has 6 heteroatoms. The molecule has 86 valence electrons. The van der Waals surface area contributed by atoms with Gasteiger partial charge in [-0.1, -0.05) is 0 Å². The number of ether oxygens (including phenoxy) is 1. The fourth-order valence-corrected chi connectivity index (χ4v) is 1.94. The van der Waals surface area contributed by atoms with E-state index >= 15 is 0 Å². The molecule has 0 spiro atoms. The Hall–Kier alpha value is -0.170. The van der Waals surface area contributed by atoms with E-state index in [0.717, 1.165) is 0 Å². The maximum absolute atomic E-state index is 11.5. The van der Waals surface area contributed by atoms with E-state index in [0.29, 0.717) is 13.0 Å². The maximum atomic E-state index is 11.5. The van der Waals surface area contributed by atoms with Gasteiger partial charge in [-0.05, 0) is 13.3 Å². The molecule has 0 bridgehead atoms. The molecule has 0 aromatic rings. The van der Waals surface area contributed by atoms with Crippen molar-refractivity contribution in [3.63, 3.8) is 0 Å². The summed E-state index contributed by atoms with van der Waals surface area (Å²) in [6.45, 7) is 2.55. The van der Waals surface area contributed by atoms with Crippen LogP contribution in [0.3, 0.4) is 0 Å². The van der Waals surface area contributed by atoms with Crippen molar-refractivity contribution in [2.75, 3.05) is 33.1 Å². The van der Waals surface area contributed by atoms with E-state index in [1.165, 1.54) is 11.4 Å². The molecular formula is C8H20N2O3S. The normalized spacial score (nSPS) is 14.6. The molecule has 14 heavy (non-hydrogen) atoms. The summed E-state index contributed by atoms with van der Waals surface area (Å²) in [6, 6.07) is 0.0232. The van der Waals surface area contributed by atoms with Gasteiger partial charge in [-0.3, -0.25) is 0 Å². The molecule has 0 saturated carbocycles. The molecule has 0 aliphatic rings. The minimum absolute atomic E-state index is 0.0232. The molecule has 0 aromatic heterocycles. The first-order valence-corrected chi connectivity index (χ1v) is 6.19. The van der Waals surface area contributed by atoms with Gasteiger partial charge in [0.15, 0.2) is 0 Å². The summed E-state index contributed by atoms with van der Waals surface area (Å²) >= 11 is 0. The second-order valence-electron chi connectivity index (χ2n) is 3.40. The van der Waals surface area contributed by atoms with Gasteiger partial charge in [-0.15, -0.1) is 0 Å². The average Bonchev–Trinajstić information content (AvgIpc) is 2.10. The van der Waals surface area contributed by atoms with Gasteiger partial charge < -0.3 is 10.5 Å². The smallest absolute Gasteiger partial charge is 0.216 e. The van der Waals surface area contributed by atoms with Crippen LogP contribution in [0, 0.1) is 0 Å². The van der Waals surface area contributed by atoms with Gasteiger partial charge in [0.1, 0.15) is 0 Å². The highest BCUT2D eigenvalue weighted by atomic mass is 32.2. The van der Waals surface area contributed by atoms with Crippen LogP contribution in [0.15, 0.2) is 0 Å². The Morgan fingerprint density at radius 2 is 2.07 bits per heavy atom. The molecule has 1 atom stereocenters. The summed E-state index contributed by atoms with van der Waals surface area (Å²) in [4.78, 5) is 0. The largest absolute Gasteiger partial charge is 0.384 e. The summed E-state index contributed by atoms with van der Waals surface area (Å²) in [5, 5.41) is 0. The van der Waals surface area contributed by atoms with E-state index in [1.807, 2.05) is 6.92 Å². The first kappa shape index (κ1) is 13.8. The number of nitrogens with zero attached hydrogens (tertiary/aromatic N) is 1. The fraction of sp³-hybridized carbons (Fsp3) is 1.00. The summed E-state index contributed by atoms with van der Waals surface area (Å²) in [7, 11) is -0.119. The highest BCUT2D eigenvalue weighted by Crippen LogP contribution is 2.00. The molecule has 0 rings (SSSR count). The van der Waals surface area contributed by atoms with Crippen LogP contribution in [0.1, 0.15) is 13.3 Å². The lowest BCUT2D eigenvalue weighted by Crippen LogP contribution is -2.34. The SMILES string of the molecule is COCCS(=O)(=O)N(C)CCC(C)N. The van der Waals surface area contributed by atoms with E-state index < -0.39 is 10.0 Å². The first-order valence-electron chi connectivity index (χ1n) is 4.58. The zero-order valence-electron chi connectivity index (χ0n) is 9.06. The number of methoxy groups -OCH3 is 1. The maximum Gasteiger partial charge on any atom is 0.216 e. The van der Waals surface area contributed by atoms with Crippen LogP contribution in [-0.2, 0) is 14.8 Å². The molecular weight excluding hydrogens is 204 g/mol. The molecule has 0 saturated heterocycles. The van der Waals surface area contributed by atoms with Gasteiger partial charge in [0.25, 0.3) is 0 Å². The topological polar surface area (TPSA) is 72.6 Å². The summed E-state index contributed by atoms with van der Waals surface area (Å²) in [5.74, 6) is 0.0267. The van der Waals surface area contributed by atoms with Crippen LogP contribution in [0.25, 0.3) is 0 Å². The molecule has 0 amide bonds. The molecule has 0 radical (unpaired) electrons. The van der Waals surface area contributed by atoms with Crippen molar-refractivity contribution >= 4 is 10.0 Å². The molecule has 0 heterocycles. The quantitative estimate of drug-likeness (QED) is 0.640. The summed E-state index contributed by atoms with van der Waals surface area (Å²) in [5.41, 5.74) is 5.54. The number of hydrogen-bond acceptors (Lipinski definition) is 4. The third-order valence-electron chi connectivity index (χ3n) is 1.92. The lowest BCUT2D eigenvalue weighted by atomic mass is 10.2. The second-order valence-corrected chi connectivity index (χ2v) is 5.59. The number of hydrogen-bond donors (Lipinski definition) is 1. The van der Waals surface area contributed by atoms with Crippen molar-refractivity contribution < 1.29 is 13.2 Å². The highest BCUT2D eigenvalue weighted by Gasteiger charge is 2.16. The molecule has 0 fully saturated rings. The van der Waals surface area contributed by atoms with Crippen LogP contribution in [0.2, 0.25) is 0 Å². The van der Waals surface area contributed by atoms with Crippen molar-refractivity contribution in [1.82, 2.24) is 4.31 Å². The summed E-state index contributed by atoms with van der Waals surface area (Å²) in [6.07, 6.45) is 0.669. The van der Waals surface area contributed by atoms with Gasteiger partial charge in [0, 0.05) is 26.7 Å². The van der Waals surface area contributed by atoms with E-state index in [2.05, 4.69) is 0 Å². The molecule has 5 nitrogen and oxygen atoms in total. The van der Waals surface area contributed by atoms with E-state index in [4.69, 9.17) is 10.5 Å². The van der Waals surface area contributed by atoms with E-state index in [-0.39, 0.29) is 18.4 Å².